The van der Waals surface area contributed by atoms with Crippen LogP contribution in [0.2, 0.25) is 0 Å². The lowest BCUT2D eigenvalue weighted by Crippen LogP contribution is -2.39. The van der Waals surface area contributed by atoms with E-state index in [4.69, 9.17) is 16.7 Å². The number of rotatable bonds is 0. The van der Waals surface area contributed by atoms with Crippen molar-refractivity contribution in [3.8, 4) is 6.07 Å². The van der Waals surface area contributed by atoms with Crippen LogP contribution in [0.15, 0.2) is 12.1 Å². The number of hydrogen-bond donors (Lipinski definition) is 2. The zero-order valence-corrected chi connectivity index (χ0v) is 8.73. The highest BCUT2D eigenvalue weighted by Gasteiger charge is 2.23. The van der Waals surface area contributed by atoms with E-state index in [0.717, 1.165) is 24.1 Å². The van der Waals surface area contributed by atoms with Crippen molar-refractivity contribution >= 4 is 17.4 Å². The minimum absolute atomic E-state index is 0.449. The first-order chi connectivity index (χ1) is 7.65. The van der Waals surface area contributed by atoms with E-state index in [2.05, 4.69) is 0 Å². The third-order valence-electron chi connectivity index (χ3n) is 2.82. The van der Waals surface area contributed by atoms with E-state index in [1.807, 2.05) is 6.07 Å². The van der Waals surface area contributed by atoms with Gasteiger partial charge in [0.25, 0.3) is 0 Å². The highest BCUT2D eigenvalue weighted by molar-refractivity contribution is 5.93. The number of carbonyl (C=O) groups excluding carboxylic acids is 1. The molecular formula is C11H12N4O. The zero-order valence-electron chi connectivity index (χ0n) is 8.73. The number of amides is 2. The van der Waals surface area contributed by atoms with E-state index in [9.17, 15) is 4.79 Å². The second-order valence-corrected chi connectivity index (χ2v) is 3.73. The molecule has 1 heterocycles. The molecule has 0 aromatic heterocycles. The Labute approximate surface area is 93.2 Å². The lowest BCUT2D eigenvalue weighted by Gasteiger charge is -2.29. The lowest BCUT2D eigenvalue weighted by atomic mass is 9.97. The molecule has 1 aromatic carbocycles. The topological polar surface area (TPSA) is 96.1 Å². The van der Waals surface area contributed by atoms with Crippen LogP contribution in [0.25, 0.3) is 0 Å². The van der Waals surface area contributed by atoms with Crippen LogP contribution in [0.4, 0.5) is 16.2 Å². The van der Waals surface area contributed by atoms with Gasteiger partial charge in [-0.25, -0.2) is 4.79 Å². The number of nitrogens with two attached hydrogens (primary N) is 2. The molecule has 1 aliphatic heterocycles. The second-order valence-electron chi connectivity index (χ2n) is 3.73. The molecule has 0 aliphatic carbocycles. The van der Waals surface area contributed by atoms with E-state index >= 15 is 0 Å². The Hall–Kier alpha value is -2.22. The molecule has 16 heavy (non-hydrogen) atoms. The minimum Gasteiger partial charge on any atom is -0.397 e. The fourth-order valence-corrected chi connectivity index (χ4v) is 2.03. The lowest BCUT2D eigenvalue weighted by molar-refractivity contribution is 0.253. The van der Waals surface area contributed by atoms with Gasteiger partial charge in [0.1, 0.15) is 6.07 Å². The fraction of sp³-hybridized carbons (Fsp3) is 0.273. The van der Waals surface area contributed by atoms with Crippen LogP contribution in [-0.4, -0.2) is 12.6 Å². The normalized spacial score (nSPS) is 14.1. The fourth-order valence-electron chi connectivity index (χ4n) is 2.03. The van der Waals surface area contributed by atoms with Crippen molar-refractivity contribution < 1.29 is 4.79 Å². The summed E-state index contributed by atoms with van der Waals surface area (Å²) in [6, 6.07) is 4.90. The summed E-state index contributed by atoms with van der Waals surface area (Å²) in [5.74, 6) is 0. The molecular weight excluding hydrogens is 204 g/mol. The van der Waals surface area contributed by atoms with Crippen molar-refractivity contribution in [2.45, 2.75) is 12.8 Å². The third kappa shape index (κ3) is 1.44. The number of anilines is 2. The second kappa shape index (κ2) is 3.74. The van der Waals surface area contributed by atoms with E-state index in [1.165, 1.54) is 4.90 Å². The molecule has 1 aromatic rings. The number of fused-ring (bicyclic) bond motifs is 1. The Morgan fingerprint density at radius 3 is 2.88 bits per heavy atom. The van der Waals surface area contributed by atoms with Gasteiger partial charge in [0, 0.05) is 12.1 Å². The molecule has 0 atom stereocenters. The summed E-state index contributed by atoms with van der Waals surface area (Å²) < 4.78 is 0. The SMILES string of the molecule is N#Cc1ccc2c(c1N)CCCN2C(N)=O. The van der Waals surface area contributed by atoms with Crippen LogP contribution in [0, 0.1) is 11.3 Å². The van der Waals surface area contributed by atoms with Crippen LogP contribution >= 0.6 is 0 Å². The van der Waals surface area contributed by atoms with Gasteiger partial charge in [-0.1, -0.05) is 0 Å². The molecule has 5 nitrogen and oxygen atoms in total. The maximum absolute atomic E-state index is 11.2. The van der Waals surface area contributed by atoms with Gasteiger partial charge in [-0.2, -0.15) is 5.26 Å². The largest absolute Gasteiger partial charge is 0.397 e. The highest BCUT2D eigenvalue weighted by atomic mass is 16.2. The summed E-state index contributed by atoms with van der Waals surface area (Å²) in [5.41, 5.74) is 13.7. The van der Waals surface area contributed by atoms with Crippen molar-refractivity contribution in [3.63, 3.8) is 0 Å². The maximum atomic E-state index is 11.2. The number of carbonyl (C=O) groups is 1. The molecule has 0 fully saturated rings. The van der Waals surface area contributed by atoms with Gasteiger partial charge >= 0.3 is 6.03 Å². The molecule has 0 bridgehead atoms. The Kier molecular flexibility index (Phi) is 2.41. The van der Waals surface area contributed by atoms with Gasteiger partial charge in [-0.3, -0.25) is 4.90 Å². The Morgan fingerprint density at radius 1 is 1.50 bits per heavy atom. The molecule has 0 unspecified atom stereocenters. The number of nitriles is 1. The first-order valence-corrected chi connectivity index (χ1v) is 5.03. The average Bonchev–Trinajstić information content (AvgIpc) is 2.29. The molecule has 5 heteroatoms. The predicted octanol–water partition coefficient (Wildman–Crippen LogP) is 0.972. The predicted molar refractivity (Wildman–Crippen MR) is 60.8 cm³/mol. The van der Waals surface area contributed by atoms with Crippen molar-refractivity contribution in [2.24, 2.45) is 5.73 Å². The molecule has 0 saturated carbocycles. The zero-order chi connectivity index (χ0) is 11.7. The molecule has 0 spiro atoms. The first kappa shape index (κ1) is 10.3. The molecule has 4 N–H and O–H groups in total. The van der Waals surface area contributed by atoms with E-state index in [-0.39, 0.29) is 0 Å². The minimum atomic E-state index is -0.481. The van der Waals surface area contributed by atoms with Crippen LogP contribution in [0.1, 0.15) is 17.5 Å². The Balaban J connectivity index is 2.57. The summed E-state index contributed by atoms with van der Waals surface area (Å²) in [4.78, 5) is 12.7. The van der Waals surface area contributed by atoms with Crippen molar-refractivity contribution in [2.75, 3.05) is 17.2 Å². The average molecular weight is 216 g/mol. The number of nitrogens with zero attached hydrogens (tertiary/aromatic N) is 2. The summed E-state index contributed by atoms with van der Waals surface area (Å²) in [7, 11) is 0. The van der Waals surface area contributed by atoms with Crippen molar-refractivity contribution in [3.05, 3.63) is 23.3 Å². The van der Waals surface area contributed by atoms with Gasteiger partial charge < -0.3 is 11.5 Å². The van der Waals surface area contributed by atoms with Crippen LogP contribution < -0.4 is 16.4 Å². The van der Waals surface area contributed by atoms with Gasteiger partial charge in [-0.15, -0.1) is 0 Å². The van der Waals surface area contributed by atoms with Crippen LogP contribution in [-0.2, 0) is 6.42 Å². The van der Waals surface area contributed by atoms with Crippen molar-refractivity contribution in [1.82, 2.24) is 0 Å². The van der Waals surface area contributed by atoms with Crippen molar-refractivity contribution in [1.29, 1.82) is 5.26 Å². The molecule has 2 rings (SSSR count). The van der Waals surface area contributed by atoms with Gasteiger partial charge in [0.05, 0.1) is 16.9 Å². The third-order valence-corrected chi connectivity index (χ3v) is 2.82. The summed E-state index contributed by atoms with van der Waals surface area (Å²) in [5, 5.41) is 8.86. The monoisotopic (exact) mass is 216 g/mol. The van der Waals surface area contributed by atoms with E-state index in [0.29, 0.717) is 17.8 Å². The Morgan fingerprint density at radius 2 is 2.25 bits per heavy atom. The number of nitrogen functional groups attached to an aromatic ring is 1. The first-order valence-electron chi connectivity index (χ1n) is 5.03. The molecule has 1 aliphatic rings. The molecule has 0 saturated heterocycles. The van der Waals surface area contributed by atoms with Crippen LogP contribution in [0.3, 0.4) is 0 Å². The molecule has 2 amide bonds. The number of benzene rings is 1. The van der Waals surface area contributed by atoms with Gasteiger partial charge in [0.2, 0.25) is 0 Å². The van der Waals surface area contributed by atoms with Gasteiger partial charge in [0.15, 0.2) is 0 Å². The summed E-state index contributed by atoms with van der Waals surface area (Å²) in [6.45, 7) is 0.605. The van der Waals surface area contributed by atoms with E-state index in [1.54, 1.807) is 12.1 Å². The highest BCUT2D eigenvalue weighted by Crippen LogP contribution is 2.33. The van der Waals surface area contributed by atoms with E-state index < -0.39 is 6.03 Å². The van der Waals surface area contributed by atoms with Gasteiger partial charge in [-0.05, 0) is 25.0 Å². The van der Waals surface area contributed by atoms with Crippen LogP contribution in [0.5, 0.6) is 0 Å². The Bertz CT molecular complexity index is 489. The number of primary amides is 1. The summed E-state index contributed by atoms with van der Waals surface area (Å²) in [6.07, 6.45) is 1.59. The summed E-state index contributed by atoms with van der Waals surface area (Å²) >= 11 is 0. The number of hydrogen-bond acceptors (Lipinski definition) is 3. The molecule has 0 radical (unpaired) electrons. The smallest absolute Gasteiger partial charge is 0.319 e. The molecule has 82 valence electrons. The number of urea groups is 1. The standard InChI is InChI=1S/C11H12N4O/c12-6-7-3-4-9-8(10(7)13)2-1-5-15(9)11(14)16/h3-4H,1-2,5,13H2,(H2,14,16). The quantitative estimate of drug-likeness (QED) is 0.632. The maximum Gasteiger partial charge on any atom is 0.319 e.